The lowest BCUT2D eigenvalue weighted by atomic mass is 10.0. The molecule has 1 fully saturated rings. The van der Waals surface area contributed by atoms with Crippen LogP contribution in [-0.4, -0.2) is 71.1 Å². The molecule has 12 heteroatoms. The standard InChI is InChI=1S/C31H29BrClF2N5O3/c1-20-27(29(37-43-20)28-25(33)3-2-4-26(28)35)30(41)40(19-21-5-9-23(34)10-6-21)18-15-38-13-16-39(17-14-38)31(42)36-24-11-7-22(32)8-12-24/h2-12H,13-19H2,1H3,(H,36,42). The fourth-order valence-electron chi connectivity index (χ4n) is 4.91. The molecule has 3 aromatic carbocycles. The van der Waals surface area contributed by atoms with Crippen molar-refractivity contribution in [3.63, 3.8) is 0 Å². The first-order valence-electron chi connectivity index (χ1n) is 13.7. The number of nitrogens with one attached hydrogen (secondary N) is 1. The molecule has 1 saturated heterocycles. The largest absolute Gasteiger partial charge is 0.360 e. The second kappa shape index (κ2) is 13.7. The Kier molecular flexibility index (Phi) is 9.74. The van der Waals surface area contributed by atoms with Gasteiger partial charge in [-0.05, 0) is 61.0 Å². The van der Waals surface area contributed by atoms with Crippen LogP contribution in [0.5, 0.6) is 0 Å². The molecule has 8 nitrogen and oxygen atoms in total. The molecule has 3 amide bonds. The molecule has 0 unspecified atom stereocenters. The van der Waals surface area contributed by atoms with Crippen LogP contribution in [0.4, 0.5) is 19.3 Å². The van der Waals surface area contributed by atoms with E-state index < -0.39 is 11.7 Å². The maximum atomic E-state index is 14.8. The normalized spacial score (nSPS) is 13.7. The number of hydrogen-bond donors (Lipinski definition) is 1. The molecule has 1 aliphatic heterocycles. The van der Waals surface area contributed by atoms with Crippen molar-refractivity contribution >= 4 is 45.2 Å². The number of carbonyl (C=O) groups is 2. The molecule has 224 valence electrons. The van der Waals surface area contributed by atoms with Crippen molar-refractivity contribution in [2.45, 2.75) is 13.5 Å². The van der Waals surface area contributed by atoms with E-state index in [1.807, 2.05) is 24.3 Å². The van der Waals surface area contributed by atoms with E-state index in [1.165, 1.54) is 30.3 Å². The van der Waals surface area contributed by atoms with Crippen molar-refractivity contribution in [2.24, 2.45) is 0 Å². The van der Waals surface area contributed by atoms with Crippen LogP contribution >= 0.6 is 27.5 Å². The third-order valence-corrected chi connectivity index (χ3v) is 8.13. The zero-order chi connectivity index (χ0) is 30.5. The van der Waals surface area contributed by atoms with Crippen molar-refractivity contribution in [1.82, 2.24) is 19.9 Å². The zero-order valence-electron chi connectivity index (χ0n) is 23.3. The van der Waals surface area contributed by atoms with Crippen molar-refractivity contribution in [1.29, 1.82) is 0 Å². The maximum absolute atomic E-state index is 14.8. The topological polar surface area (TPSA) is 81.9 Å². The Morgan fingerprint density at radius 2 is 1.72 bits per heavy atom. The first-order chi connectivity index (χ1) is 20.7. The van der Waals surface area contributed by atoms with Crippen molar-refractivity contribution < 1.29 is 22.9 Å². The van der Waals surface area contributed by atoms with Gasteiger partial charge in [-0.15, -0.1) is 0 Å². The van der Waals surface area contributed by atoms with Crippen LogP contribution in [0.3, 0.4) is 0 Å². The molecule has 0 atom stereocenters. The van der Waals surface area contributed by atoms with E-state index in [1.54, 1.807) is 28.9 Å². The fraction of sp³-hybridized carbons (Fsp3) is 0.258. The number of carbonyl (C=O) groups excluding carboxylic acids is 2. The summed E-state index contributed by atoms with van der Waals surface area (Å²) in [4.78, 5) is 32.3. The summed E-state index contributed by atoms with van der Waals surface area (Å²) in [5.74, 6) is -1.18. The summed E-state index contributed by atoms with van der Waals surface area (Å²) in [6.07, 6.45) is 0. The molecule has 0 bridgehead atoms. The minimum absolute atomic E-state index is 0.0105. The molecule has 1 N–H and O–H groups in total. The Balaban J connectivity index is 1.29. The quantitative estimate of drug-likeness (QED) is 0.222. The van der Waals surface area contributed by atoms with Gasteiger partial charge in [0, 0.05) is 56.0 Å². The van der Waals surface area contributed by atoms with E-state index in [0.29, 0.717) is 45.0 Å². The molecule has 5 rings (SSSR count). The molecule has 1 aliphatic rings. The molecule has 0 saturated carbocycles. The Morgan fingerprint density at radius 1 is 1.02 bits per heavy atom. The van der Waals surface area contributed by atoms with E-state index in [0.717, 1.165) is 10.0 Å². The number of piperazine rings is 1. The average molecular weight is 673 g/mol. The van der Waals surface area contributed by atoms with Gasteiger partial charge in [0.2, 0.25) is 0 Å². The first-order valence-corrected chi connectivity index (χ1v) is 14.8. The highest BCUT2D eigenvalue weighted by molar-refractivity contribution is 9.10. The predicted molar refractivity (Wildman–Crippen MR) is 164 cm³/mol. The second-order valence-corrected chi connectivity index (χ2v) is 11.5. The lowest BCUT2D eigenvalue weighted by Crippen LogP contribution is -2.51. The minimum Gasteiger partial charge on any atom is -0.360 e. The fourth-order valence-corrected chi connectivity index (χ4v) is 5.43. The summed E-state index contributed by atoms with van der Waals surface area (Å²) < 4.78 is 34.7. The number of hydrogen-bond acceptors (Lipinski definition) is 5. The number of aryl methyl sites for hydroxylation is 1. The van der Waals surface area contributed by atoms with Gasteiger partial charge in [0.25, 0.3) is 5.91 Å². The summed E-state index contributed by atoms with van der Waals surface area (Å²) in [6.45, 7) is 4.90. The Morgan fingerprint density at radius 3 is 2.40 bits per heavy atom. The first kappa shape index (κ1) is 30.7. The highest BCUT2D eigenvalue weighted by atomic mass is 79.9. The van der Waals surface area contributed by atoms with E-state index in [4.69, 9.17) is 16.1 Å². The van der Waals surface area contributed by atoms with Gasteiger partial charge < -0.3 is 19.6 Å². The summed E-state index contributed by atoms with van der Waals surface area (Å²) in [7, 11) is 0. The van der Waals surface area contributed by atoms with Crippen LogP contribution in [-0.2, 0) is 6.54 Å². The number of benzene rings is 3. The van der Waals surface area contributed by atoms with E-state index in [9.17, 15) is 18.4 Å². The average Bonchev–Trinajstić information content (AvgIpc) is 3.37. The van der Waals surface area contributed by atoms with Crippen molar-refractivity contribution in [3.05, 3.63) is 105 Å². The van der Waals surface area contributed by atoms with Crippen LogP contribution in [0.15, 0.2) is 75.7 Å². The second-order valence-electron chi connectivity index (χ2n) is 10.2. The van der Waals surface area contributed by atoms with Crippen LogP contribution in [0, 0.1) is 18.6 Å². The lowest BCUT2D eigenvalue weighted by molar-refractivity contribution is 0.0703. The van der Waals surface area contributed by atoms with Gasteiger partial charge >= 0.3 is 6.03 Å². The van der Waals surface area contributed by atoms with Crippen molar-refractivity contribution in [2.75, 3.05) is 44.6 Å². The summed E-state index contributed by atoms with van der Waals surface area (Å²) >= 11 is 9.69. The third kappa shape index (κ3) is 7.41. The molecular formula is C31H29BrClF2N5O3. The molecule has 4 aromatic rings. The highest BCUT2D eigenvalue weighted by Crippen LogP contribution is 2.34. The van der Waals surface area contributed by atoms with Gasteiger partial charge in [0.1, 0.15) is 28.7 Å². The smallest absolute Gasteiger partial charge is 0.321 e. The summed E-state index contributed by atoms with van der Waals surface area (Å²) in [5.41, 5.74) is 1.57. The number of rotatable bonds is 8. The van der Waals surface area contributed by atoms with Gasteiger partial charge in [-0.3, -0.25) is 9.69 Å². The van der Waals surface area contributed by atoms with Crippen LogP contribution in [0.1, 0.15) is 21.7 Å². The van der Waals surface area contributed by atoms with Gasteiger partial charge in [0.15, 0.2) is 0 Å². The molecule has 43 heavy (non-hydrogen) atoms. The van der Waals surface area contributed by atoms with Crippen LogP contribution < -0.4 is 5.32 Å². The number of halogens is 4. The Bertz CT molecular complexity index is 1570. The highest BCUT2D eigenvalue weighted by Gasteiger charge is 2.30. The van der Waals surface area contributed by atoms with E-state index in [-0.39, 0.29) is 46.0 Å². The number of aromatic nitrogens is 1. The molecule has 0 spiro atoms. The van der Waals surface area contributed by atoms with Crippen molar-refractivity contribution in [3.8, 4) is 11.3 Å². The Labute approximate surface area is 261 Å². The number of nitrogens with zero attached hydrogens (tertiary/aromatic N) is 4. The summed E-state index contributed by atoms with van der Waals surface area (Å²) in [5, 5.41) is 7.01. The van der Waals surface area contributed by atoms with E-state index >= 15 is 0 Å². The predicted octanol–water partition coefficient (Wildman–Crippen LogP) is 6.84. The number of anilines is 1. The SMILES string of the molecule is Cc1onc(-c2c(F)cccc2Cl)c1C(=O)N(CCN1CCN(C(=O)Nc2ccc(Br)cc2)CC1)Cc1ccc(F)cc1. The summed E-state index contributed by atoms with van der Waals surface area (Å²) in [6, 6.07) is 17.4. The molecule has 2 heterocycles. The van der Waals surface area contributed by atoms with Gasteiger partial charge in [0.05, 0.1) is 10.6 Å². The molecule has 0 radical (unpaired) electrons. The van der Waals surface area contributed by atoms with Gasteiger partial charge in [-0.25, -0.2) is 13.6 Å². The number of amides is 3. The monoisotopic (exact) mass is 671 g/mol. The zero-order valence-corrected chi connectivity index (χ0v) is 25.7. The number of urea groups is 1. The Hall–Kier alpha value is -3.80. The van der Waals surface area contributed by atoms with Crippen LogP contribution in [0.2, 0.25) is 5.02 Å². The molecule has 1 aromatic heterocycles. The van der Waals surface area contributed by atoms with E-state index in [2.05, 4.69) is 31.3 Å². The maximum Gasteiger partial charge on any atom is 0.321 e. The van der Waals surface area contributed by atoms with Gasteiger partial charge in [-0.1, -0.05) is 50.9 Å². The minimum atomic E-state index is -0.623. The van der Waals surface area contributed by atoms with Crippen LogP contribution in [0.25, 0.3) is 11.3 Å². The third-order valence-electron chi connectivity index (χ3n) is 7.29. The lowest BCUT2D eigenvalue weighted by Gasteiger charge is -2.36. The van der Waals surface area contributed by atoms with Gasteiger partial charge in [-0.2, -0.15) is 0 Å². The molecule has 0 aliphatic carbocycles. The molecular weight excluding hydrogens is 644 g/mol.